The summed E-state index contributed by atoms with van der Waals surface area (Å²) < 4.78 is 10.0. The van der Waals surface area contributed by atoms with E-state index in [0.29, 0.717) is 16.5 Å². The minimum absolute atomic E-state index is 0. The Balaban J connectivity index is 0.00000243. The van der Waals surface area contributed by atoms with Gasteiger partial charge < -0.3 is 19.4 Å². The maximum atomic E-state index is 12.5. The Morgan fingerprint density at radius 1 is 1.12 bits per heavy atom. The van der Waals surface area contributed by atoms with Crippen molar-refractivity contribution in [2.75, 3.05) is 13.2 Å². The number of fused-ring (bicyclic) bond motifs is 1. The first kappa shape index (κ1) is 20.2. The number of aliphatic hydroxyl groups is 1. The molecule has 6 nitrogen and oxygen atoms in total. The van der Waals surface area contributed by atoms with Crippen LogP contribution < -0.4 is 40.3 Å². The molecule has 0 saturated heterocycles. The van der Waals surface area contributed by atoms with Gasteiger partial charge in [0.1, 0.15) is 12.2 Å². The van der Waals surface area contributed by atoms with Gasteiger partial charge in [-0.1, -0.05) is 36.1 Å². The zero-order valence-electron chi connectivity index (χ0n) is 14.2. The van der Waals surface area contributed by atoms with Crippen LogP contribution in [0.4, 0.5) is 0 Å². The summed E-state index contributed by atoms with van der Waals surface area (Å²) in [5.74, 6) is -0.895. The van der Waals surface area contributed by atoms with Crippen molar-refractivity contribution in [2.45, 2.75) is 6.42 Å². The number of benzene rings is 2. The third kappa shape index (κ3) is 4.34. The maximum absolute atomic E-state index is 12.5. The molecule has 2 aromatic carbocycles. The molecule has 0 aliphatic heterocycles. The van der Waals surface area contributed by atoms with Crippen molar-refractivity contribution >= 4 is 16.9 Å². The van der Waals surface area contributed by atoms with Crippen molar-refractivity contribution in [1.82, 2.24) is 0 Å². The first-order valence-electron chi connectivity index (χ1n) is 7.69. The molecule has 0 fully saturated rings. The van der Waals surface area contributed by atoms with E-state index in [9.17, 15) is 14.7 Å². The van der Waals surface area contributed by atoms with E-state index >= 15 is 0 Å². The molecular formula is C19H15NaO6. The van der Waals surface area contributed by atoms with Crippen LogP contribution in [-0.2, 0) is 11.2 Å². The molecule has 0 unspecified atom stereocenters. The molecule has 0 saturated carbocycles. The van der Waals surface area contributed by atoms with Crippen LogP contribution in [0.15, 0.2) is 57.7 Å². The smallest absolute Gasteiger partial charge is 0.872 e. The quantitative estimate of drug-likeness (QED) is 0.341. The van der Waals surface area contributed by atoms with Gasteiger partial charge in [0.15, 0.2) is 0 Å². The molecule has 0 aliphatic rings. The Hall–Kier alpha value is -2.12. The minimum Gasteiger partial charge on any atom is -0.872 e. The van der Waals surface area contributed by atoms with Crippen LogP contribution in [0.2, 0.25) is 0 Å². The minimum atomic E-state index is -0.657. The number of hydrogen-bond acceptors (Lipinski definition) is 6. The van der Waals surface area contributed by atoms with Gasteiger partial charge in [-0.05, 0) is 23.8 Å². The molecule has 1 aromatic heterocycles. The van der Waals surface area contributed by atoms with E-state index in [-0.39, 0.29) is 66.1 Å². The van der Waals surface area contributed by atoms with Gasteiger partial charge in [0, 0.05) is 17.4 Å². The Kier molecular flexibility index (Phi) is 6.99. The number of para-hydroxylation sites is 1. The average molecular weight is 362 g/mol. The largest absolute Gasteiger partial charge is 1.00 e. The first-order chi connectivity index (χ1) is 12.1. The van der Waals surface area contributed by atoms with Crippen LogP contribution in [0, 0.1) is 0 Å². The van der Waals surface area contributed by atoms with Crippen LogP contribution in [0.25, 0.3) is 11.0 Å². The second-order valence-electron chi connectivity index (χ2n) is 5.43. The van der Waals surface area contributed by atoms with Crippen molar-refractivity contribution in [3.8, 4) is 5.75 Å². The van der Waals surface area contributed by atoms with E-state index in [1.807, 2.05) is 0 Å². The van der Waals surface area contributed by atoms with Crippen molar-refractivity contribution in [3.05, 3.63) is 75.6 Å². The van der Waals surface area contributed by atoms with E-state index < -0.39 is 11.6 Å². The van der Waals surface area contributed by atoms with Crippen molar-refractivity contribution < 1.29 is 53.7 Å². The van der Waals surface area contributed by atoms with Crippen LogP contribution in [0.5, 0.6) is 5.75 Å². The summed E-state index contributed by atoms with van der Waals surface area (Å²) in [7, 11) is 0. The van der Waals surface area contributed by atoms with Crippen molar-refractivity contribution in [2.24, 2.45) is 0 Å². The Morgan fingerprint density at radius 2 is 1.81 bits per heavy atom. The number of hydrogen-bond donors (Lipinski definition) is 1. The summed E-state index contributed by atoms with van der Waals surface area (Å²) in [5, 5.41) is 21.5. The Labute approximate surface area is 171 Å². The normalized spacial score (nSPS) is 10.3. The van der Waals surface area contributed by atoms with Crippen LogP contribution in [-0.4, -0.2) is 24.3 Å². The molecule has 7 heteroatoms. The predicted molar refractivity (Wildman–Crippen MR) is 88.5 cm³/mol. The SMILES string of the molecule is O=C(OCCO)c1ccc(Cc2c([O-])c3ccccc3oc2=O)cc1.[Na+]. The molecule has 128 valence electrons. The number of esters is 1. The fourth-order valence-electron chi connectivity index (χ4n) is 2.50. The molecule has 3 rings (SSSR count). The number of ether oxygens (including phenoxy) is 1. The number of carbonyl (C=O) groups is 1. The third-order valence-corrected chi connectivity index (χ3v) is 3.75. The molecule has 0 amide bonds. The van der Waals surface area contributed by atoms with Gasteiger partial charge >= 0.3 is 41.2 Å². The predicted octanol–water partition coefficient (Wildman–Crippen LogP) is -1.39. The maximum Gasteiger partial charge on any atom is 1.00 e. The van der Waals surface area contributed by atoms with E-state index in [1.54, 1.807) is 48.5 Å². The molecule has 0 atom stereocenters. The van der Waals surface area contributed by atoms with Gasteiger partial charge in [-0.25, -0.2) is 9.59 Å². The Bertz CT molecular complexity index is 962. The standard InChI is InChI=1S/C19H16O6.Na/c20-9-10-24-18(22)13-7-5-12(6-8-13)11-15-17(21)14-3-1-2-4-16(14)25-19(15)23;/h1-8,20-21H,9-11H2;/q;+1/p-1. The van der Waals surface area contributed by atoms with Gasteiger partial charge in [-0.15, -0.1) is 0 Å². The summed E-state index contributed by atoms with van der Waals surface area (Å²) in [6.45, 7) is -0.313. The van der Waals surface area contributed by atoms with Crippen LogP contribution >= 0.6 is 0 Å². The zero-order valence-corrected chi connectivity index (χ0v) is 16.2. The second-order valence-corrected chi connectivity index (χ2v) is 5.43. The molecule has 1 N–H and O–H groups in total. The average Bonchev–Trinajstić information content (AvgIpc) is 2.63. The summed E-state index contributed by atoms with van der Waals surface area (Å²) in [6, 6.07) is 13.0. The van der Waals surface area contributed by atoms with Gasteiger partial charge in [0.05, 0.1) is 12.2 Å². The van der Waals surface area contributed by atoms with E-state index in [4.69, 9.17) is 14.3 Å². The van der Waals surface area contributed by atoms with Gasteiger partial charge in [0.2, 0.25) is 0 Å². The fourth-order valence-corrected chi connectivity index (χ4v) is 2.50. The first-order valence-corrected chi connectivity index (χ1v) is 7.69. The van der Waals surface area contributed by atoms with E-state index in [0.717, 1.165) is 0 Å². The molecule has 0 aliphatic carbocycles. The van der Waals surface area contributed by atoms with Gasteiger partial charge in [-0.2, -0.15) is 0 Å². The zero-order chi connectivity index (χ0) is 17.8. The van der Waals surface area contributed by atoms with Crippen LogP contribution in [0.1, 0.15) is 21.5 Å². The van der Waals surface area contributed by atoms with Crippen molar-refractivity contribution in [1.29, 1.82) is 0 Å². The topological polar surface area (TPSA) is 99.8 Å². The number of rotatable bonds is 5. The fraction of sp³-hybridized carbons (Fsp3) is 0.158. The van der Waals surface area contributed by atoms with E-state index in [1.165, 1.54) is 0 Å². The van der Waals surface area contributed by atoms with Crippen LogP contribution in [0.3, 0.4) is 0 Å². The summed E-state index contributed by atoms with van der Waals surface area (Å²) >= 11 is 0. The van der Waals surface area contributed by atoms with Gasteiger partial charge in [0.25, 0.3) is 0 Å². The molecular weight excluding hydrogens is 347 g/mol. The number of aliphatic hydroxyl groups excluding tert-OH is 1. The molecule has 0 bridgehead atoms. The third-order valence-electron chi connectivity index (χ3n) is 3.75. The summed E-state index contributed by atoms with van der Waals surface area (Å²) in [4.78, 5) is 23.8. The summed E-state index contributed by atoms with van der Waals surface area (Å²) in [6.07, 6.45) is 0.109. The van der Waals surface area contributed by atoms with E-state index in [2.05, 4.69) is 0 Å². The molecule has 26 heavy (non-hydrogen) atoms. The molecule has 0 spiro atoms. The molecule has 1 heterocycles. The van der Waals surface area contributed by atoms with Crippen molar-refractivity contribution in [3.63, 3.8) is 0 Å². The second kappa shape index (κ2) is 9.00. The Morgan fingerprint density at radius 3 is 2.50 bits per heavy atom. The number of carbonyl (C=O) groups excluding carboxylic acids is 1. The monoisotopic (exact) mass is 362 g/mol. The molecule has 0 radical (unpaired) electrons. The van der Waals surface area contributed by atoms with Gasteiger partial charge in [-0.3, -0.25) is 0 Å². The molecule has 3 aromatic rings. The summed E-state index contributed by atoms with van der Waals surface area (Å²) in [5.41, 5.74) is 0.677.